The Morgan fingerprint density at radius 2 is 1.77 bits per heavy atom. The van der Waals surface area contributed by atoms with Crippen molar-refractivity contribution in [3.05, 3.63) is 29.8 Å². The Balaban J connectivity index is 1.48. The first-order chi connectivity index (χ1) is 12.3. The van der Waals surface area contributed by atoms with Gasteiger partial charge in [0.2, 0.25) is 11.8 Å². The van der Waals surface area contributed by atoms with E-state index in [1.54, 1.807) is 0 Å². The van der Waals surface area contributed by atoms with E-state index < -0.39 is 9.75 Å². The molecule has 1 saturated carbocycles. The van der Waals surface area contributed by atoms with E-state index in [4.69, 9.17) is 23.2 Å². The Hall–Kier alpha value is -1.30. The van der Waals surface area contributed by atoms with Crippen LogP contribution >= 0.6 is 23.2 Å². The number of carbonyl (C=O) groups is 2. The summed E-state index contributed by atoms with van der Waals surface area (Å²) in [5.74, 6) is -0.0103. The highest BCUT2D eigenvalue weighted by molar-refractivity contribution is 6.53. The van der Waals surface area contributed by atoms with Crippen LogP contribution in [0, 0.1) is 5.41 Å². The third-order valence-corrected chi connectivity index (χ3v) is 6.53. The lowest BCUT2D eigenvalue weighted by molar-refractivity contribution is -0.138. The second kappa shape index (κ2) is 7.37. The van der Waals surface area contributed by atoms with Crippen LogP contribution in [-0.2, 0) is 16.0 Å². The quantitative estimate of drug-likeness (QED) is 0.777. The van der Waals surface area contributed by atoms with Crippen LogP contribution in [0.4, 0.5) is 5.69 Å². The normalized spacial score (nSPS) is 25.0. The van der Waals surface area contributed by atoms with Crippen molar-refractivity contribution in [1.29, 1.82) is 0 Å². The monoisotopic (exact) mass is 397 g/mol. The van der Waals surface area contributed by atoms with E-state index in [-0.39, 0.29) is 11.8 Å². The molecular formula is C19H25Cl2N3O2. The van der Waals surface area contributed by atoms with E-state index in [1.807, 2.05) is 36.1 Å². The molecule has 1 heterocycles. The number of halogens is 2. The Morgan fingerprint density at radius 3 is 2.35 bits per heavy atom. The first-order valence-electron chi connectivity index (χ1n) is 9.04. The Morgan fingerprint density at radius 1 is 1.15 bits per heavy atom. The number of nitrogens with zero attached hydrogens (tertiary/aromatic N) is 2. The van der Waals surface area contributed by atoms with Gasteiger partial charge in [-0.1, -0.05) is 25.1 Å². The van der Waals surface area contributed by atoms with Crippen LogP contribution in [0.25, 0.3) is 0 Å². The SMILES string of the molecule is CCc1ccccc1NC(=O)CN1CCN(C(=O)[C@]2(C)CC2(Cl)Cl)CC1. The van der Waals surface area contributed by atoms with E-state index in [2.05, 4.69) is 17.1 Å². The minimum Gasteiger partial charge on any atom is -0.340 e. The molecule has 5 nitrogen and oxygen atoms in total. The highest BCUT2D eigenvalue weighted by Crippen LogP contribution is 2.64. The van der Waals surface area contributed by atoms with Gasteiger partial charge in [-0.2, -0.15) is 0 Å². The largest absolute Gasteiger partial charge is 0.340 e. The van der Waals surface area contributed by atoms with Crippen LogP contribution in [0.1, 0.15) is 25.8 Å². The smallest absolute Gasteiger partial charge is 0.238 e. The molecule has 3 rings (SSSR count). The second-order valence-electron chi connectivity index (χ2n) is 7.34. The zero-order chi connectivity index (χ0) is 18.9. The number of anilines is 1. The third kappa shape index (κ3) is 3.85. The minimum atomic E-state index is -0.937. The van der Waals surface area contributed by atoms with Gasteiger partial charge >= 0.3 is 0 Å². The molecule has 1 atom stereocenters. The summed E-state index contributed by atoms with van der Waals surface area (Å²) < 4.78 is -0.937. The van der Waals surface area contributed by atoms with Crippen LogP contribution in [-0.4, -0.2) is 58.7 Å². The lowest BCUT2D eigenvalue weighted by Crippen LogP contribution is -2.52. The molecule has 1 aromatic carbocycles. The van der Waals surface area contributed by atoms with Crippen molar-refractivity contribution < 1.29 is 9.59 Å². The molecule has 2 amide bonds. The van der Waals surface area contributed by atoms with Crippen LogP contribution < -0.4 is 5.32 Å². The zero-order valence-electron chi connectivity index (χ0n) is 15.2. The molecule has 0 radical (unpaired) electrons. The molecule has 142 valence electrons. The number of nitrogens with one attached hydrogen (secondary N) is 1. The van der Waals surface area contributed by atoms with Crippen molar-refractivity contribution in [3.8, 4) is 0 Å². The predicted octanol–water partition coefficient (Wildman–Crippen LogP) is 2.92. The lowest BCUT2D eigenvalue weighted by Gasteiger charge is -2.36. The summed E-state index contributed by atoms with van der Waals surface area (Å²) in [5.41, 5.74) is 1.33. The number of rotatable bonds is 5. The molecule has 1 aliphatic carbocycles. The Labute approximate surface area is 164 Å². The summed E-state index contributed by atoms with van der Waals surface area (Å²) in [5, 5.41) is 2.99. The van der Waals surface area contributed by atoms with Gasteiger partial charge in [0.05, 0.1) is 12.0 Å². The second-order valence-corrected chi connectivity index (χ2v) is 8.82. The number of amides is 2. The van der Waals surface area contributed by atoms with Crippen molar-refractivity contribution in [2.24, 2.45) is 5.41 Å². The summed E-state index contributed by atoms with van der Waals surface area (Å²) in [7, 11) is 0. The highest BCUT2D eigenvalue weighted by atomic mass is 35.5. The standard InChI is InChI=1S/C19H25Cl2N3O2/c1-3-14-6-4-5-7-15(14)22-16(25)12-23-8-10-24(11-9-23)17(26)18(2)13-19(18,20)21/h4-7H,3,8-13H2,1-2H3,(H,22,25)/t18-/m0/s1. The summed E-state index contributed by atoms with van der Waals surface area (Å²) in [6.45, 7) is 6.74. The van der Waals surface area contributed by atoms with Crippen molar-refractivity contribution in [2.75, 3.05) is 38.0 Å². The van der Waals surface area contributed by atoms with Crippen LogP contribution in [0.5, 0.6) is 0 Å². The number of carbonyl (C=O) groups excluding carboxylic acids is 2. The van der Waals surface area contributed by atoms with Gasteiger partial charge in [0, 0.05) is 31.9 Å². The number of aryl methyl sites for hydroxylation is 1. The molecule has 1 aliphatic heterocycles. The topological polar surface area (TPSA) is 52.7 Å². The highest BCUT2D eigenvalue weighted by Gasteiger charge is 2.68. The van der Waals surface area contributed by atoms with Crippen LogP contribution in [0.3, 0.4) is 0 Å². The first kappa shape index (κ1) is 19.5. The zero-order valence-corrected chi connectivity index (χ0v) is 16.7. The Kier molecular flexibility index (Phi) is 5.52. The lowest BCUT2D eigenvalue weighted by atomic mass is 10.1. The number of hydrogen-bond donors (Lipinski definition) is 1. The minimum absolute atomic E-state index is 0.0171. The van der Waals surface area contributed by atoms with E-state index in [0.717, 1.165) is 17.7 Å². The van der Waals surface area contributed by atoms with Crippen LogP contribution in [0.15, 0.2) is 24.3 Å². The fraction of sp³-hybridized carbons (Fsp3) is 0.579. The van der Waals surface area contributed by atoms with Crippen molar-refractivity contribution in [3.63, 3.8) is 0 Å². The molecule has 2 fully saturated rings. The fourth-order valence-corrected chi connectivity index (χ4v) is 4.13. The van der Waals surface area contributed by atoms with Gasteiger partial charge < -0.3 is 10.2 Å². The first-order valence-corrected chi connectivity index (χ1v) is 9.80. The third-order valence-electron chi connectivity index (χ3n) is 5.43. The average molecular weight is 398 g/mol. The van der Waals surface area contributed by atoms with Gasteiger partial charge in [0.25, 0.3) is 0 Å². The number of hydrogen-bond acceptors (Lipinski definition) is 3. The van der Waals surface area contributed by atoms with E-state index in [1.165, 1.54) is 0 Å². The van der Waals surface area contributed by atoms with Gasteiger partial charge in [-0.3, -0.25) is 14.5 Å². The number of alkyl halides is 2. The van der Waals surface area contributed by atoms with Crippen molar-refractivity contribution in [1.82, 2.24) is 9.80 Å². The van der Waals surface area contributed by atoms with Crippen molar-refractivity contribution in [2.45, 2.75) is 31.0 Å². The molecule has 1 N–H and O–H groups in total. The summed E-state index contributed by atoms with van der Waals surface area (Å²) in [4.78, 5) is 28.8. The van der Waals surface area contributed by atoms with Gasteiger partial charge in [-0.15, -0.1) is 23.2 Å². The summed E-state index contributed by atoms with van der Waals surface area (Å²) >= 11 is 12.2. The van der Waals surface area contributed by atoms with Crippen LogP contribution in [0.2, 0.25) is 0 Å². The van der Waals surface area contributed by atoms with E-state index in [9.17, 15) is 9.59 Å². The molecule has 1 saturated heterocycles. The molecule has 0 bridgehead atoms. The number of para-hydroxylation sites is 1. The fourth-order valence-electron chi connectivity index (χ4n) is 3.43. The Bertz CT molecular complexity index is 702. The molecule has 0 aromatic heterocycles. The number of piperazine rings is 1. The van der Waals surface area contributed by atoms with Gasteiger partial charge in [-0.05, 0) is 31.4 Å². The molecule has 26 heavy (non-hydrogen) atoms. The molecule has 1 aromatic rings. The molecule has 0 unspecified atom stereocenters. The summed E-state index contributed by atoms with van der Waals surface area (Å²) in [6, 6.07) is 7.84. The summed E-state index contributed by atoms with van der Waals surface area (Å²) in [6.07, 6.45) is 1.38. The predicted molar refractivity (Wildman–Crippen MR) is 105 cm³/mol. The molecule has 0 spiro atoms. The van der Waals surface area contributed by atoms with Gasteiger partial charge in [0.1, 0.15) is 4.33 Å². The van der Waals surface area contributed by atoms with Crippen molar-refractivity contribution >= 4 is 40.7 Å². The van der Waals surface area contributed by atoms with E-state index >= 15 is 0 Å². The molecule has 2 aliphatic rings. The molecular weight excluding hydrogens is 373 g/mol. The van der Waals surface area contributed by atoms with Gasteiger partial charge in [-0.25, -0.2) is 0 Å². The molecule has 7 heteroatoms. The average Bonchev–Trinajstić information content (AvgIpc) is 3.14. The number of benzene rings is 1. The van der Waals surface area contributed by atoms with E-state index in [0.29, 0.717) is 39.1 Å². The maximum atomic E-state index is 12.6. The van der Waals surface area contributed by atoms with Gasteiger partial charge in [0.15, 0.2) is 0 Å². The maximum absolute atomic E-state index is 12.6. The maximum Gasteiger partial charge on any atom is 0.238 e.